The lowest BCUT2D eigenvalue weighted by Gasteiger charge is -2.17. The Morgan fingerprint density at radius 2 is 2.22 bits per heavy atom. The Hall–Kier alpha value is -1.85. The fourth-order valence-corrected chi connectivity index (χ4v) is 3.02. The van der Waals surface area contributed by atoms with E-state index in [4.69, 9.17) is 9.84 Å². The van der Waals surface area contributed by atoms with Crippen LogP contribution in [0.5, 0.6) is 5.75 Å². The van der Waals surface area contributed by atoms with E-state index in [0.717, 1.165) is 12.0 Å². The molecule has 4 atom stereocenters. The maximum absolute atomic E-state index is 10.9. The van der Waals surface area contributed by atoms with Crippen molar-refractivity contribution in [3.63, 3.8) is 0 Å². The van der Waals surface area contributed by atoms with Crippen molar-refractivity contribution in [1.29, 1.82) is 0 Å². The molecular weight excluding hydrogens is 296 g/mol. The van der Waals surface area contributed by atoms with E-state index in [1.54, 1.807) is 6.08 Å². The van der Waals surface area contributed by atoms with Gasteiger partial charge in [-0.3, -0.25) is 4.79 Å². The van der Waals surface area contributed by atoms with E-state index >= 15 is 0 Å². The lowest BCUT2D eigenvalue weighted by Crippen LogP contribution is -2.22. The molecule has 126 valence electrons. The number of aryl methyl sites for hydroxylation is 1. The molecule has 1 aromatic rings. The van der Waals surface area contributed by atoms with E-state index in [0.29, 0.717) is 12.2 Å². The summed E-state index contributed by atoms with van der Waals surface area (Å²) < 4.78 is 5.53. The first-order valence-corrected chi connectivity index (χ1v) is 7.91. The Bertz CT molecular complexity index is 554. The zero-order valence-corrected chi connectivity index (χ0v) is 13.3. The molecule has 0 aliphatic heterocycles. The summed E-state index contributed by atoms with van der Waals surface area (Å²) in [4.78, 5) is 10.9. The molecule has 1 fully saturated rings. The van der Waals surface area contributed by atoms with Crippen LogP contribution in [0.1, 0.15) is 24.8 Å². The number of hydrogen-bond acceptors (Lipinski definition) is 4. The molecule has 0 spiro atoms. The molecule has 23 heavy (non-hydrogen) atoms. The number of carbonyl (C=O) groups is 1. The number of ether oxygens (including phenoxy) is 1. The molecule has 0 amide bonds. The maximum Gasteiger partial charge on any atom is 0.303 e. The van der Waals surface area contributed by atoms with Gasteiger partial charge in [0.15, 0.2) is 0 Å². The van der Waals surface area contributed by atoms with Crippen LogP contribution in [0.15, 0.2) is 36.4 Å². The van der Waals surface area contributed by atoms with Gasteiger partial charge in [-0.15, -0.1) is 0 Å². The Kier molecular flexibility index (Phi) is 6.19. The number of aliphatic carboxylic acids is 1. The lowest BCUT2D eigenvalue weighted by atomic mass is 9.91. The van der Waals surface area contributed by atoms with E-state index < -0.39 is 18.2 Å². The molecule has 5 heteroatoms. The first-order chi connectivity index (χ1) is 11.0. The van der Waals surface area contributed by atoms with E-state index in [1.165, 1.54) is 0 Å². The molecule has 0 radical (unpaired) electrons. The van der Waals surface area contributed by atoms with Gasteiger partial charge in [-0.2, -0.15) is 0 Å². The standard InChI is InChI=1S/C18H24O5/c1-12-3-2-4-15(9-12)23-11-14(19)7-5-13-6-8-17(20)16(13)10-18(21)22/h2-5,7,9,13-14,16-17,19-20H,6,8,10-11H2,1H3,(H,21,22). The van der Waals surface area contributed by atoms with Crippen molar-refractivity contribution >= 4 is 5.97 Å². The Morgan fingerprint density at radius 3 is 2.91 bits per heavy atom. The summed E-state index contributed by atoms with van der Waals surface area (Å²) in [6, 6.07) is 7.59. The summed E-state index contributed by atoms with van der Waals surface area (Å²) in [5.41, 5.74) is 1.09. The Balaban J connectivity index is 1.85. The third kappa shape index (κ3) is 5.37. The highest BCUT2D eigenvalue weighted by molar-refractivity contribution is 5.67. The number of aliphatic hydroxyl groups excluding tert-OH is 2. The molecule has 1 aromatic carbocycles. The molecular formula is C18H24O5. The van der Waals surface area contributed by atoms with Crippen LogP contribution in [0.25, 0.3) is 0 Å². The summed E-state index contributed by atoms with van der Waals surface area (Å²) >= 11 is 0. The van der Waals surface area contributed by atoms with Gasteiger partial charge in [0.25, 0.3) is 0 Å². The van der Waals surface area contributed by atoms with Crippen molar-refractivity contribution in [2.24, 2.45) is 11.8 Å². The number of carboxylic acids is 1. The summed E-state index contributed by atoms with van der Waals surface area (Å²) in [6.45, 7) is 2.11. The number of carboxylic acid groups (broad SMARTS) is 1. The van der Waals surface area contributed by atoms with Gasteiger partial charge in [-0.05, 0) is 43.4 Å². The summed E-state index contributed by atoms with van der Waals surface area (Å²) in [5, 5.41) is 28.8. The topological polar surface area (TPSA) is 87.0 Å². The van der Waals surface area contributed by atoms with Crippen molar-refractivity contribution in [1.82, 2.24) is 0 Å². The third-order valence-electron chi connectivity index (χ3n) is 4.24. The van der Waals surface area contributed by atoms with Gasteiger partial charge in [0, 0.05) is 5.92 Å². The van der Waals surface area contributed by atoms with Gasteiger partial charge in [-0.25, -0.2) is 0 Å². The van der Waals surface area contributed by atoms with Crippen molar-refractivity contribution in [2.45, 2.75) is 38.4 Å². The zero-order valence-electron chi connectivity index (χ0n) is 13.3. The van der Waals surface area contributed by atoms with Crippen LogP contribution < -0.4 is 4.74 Å². The van der Waals surface area contributed by atoms with Crippen molar-refractivity contribution in [3.8, 4) is 5.75 Å². The second kappa shape index (κ2) is 8.13. The molecule has 1 aliphatic carbocycles. The minimum atomic E-state index is -0.905. The van der Waals surface area contributed by atoms with Crippen LogP contribution in [-0.2, 0) is 4.79 Å². The Morgan fingerprint density at radius 1 is 1.43 bits per heavy atom. The minimum Gasteiger partial charge on any atom is -0.491 e. The predicted molar refractivity (Wildman–Crippen MR) is 86.3 cm³/mol. The second-order valence-electron chi connectivity index (χ2n) is 6.15. The number of hydrogen-bond donors (Lipinski definition) is 3. The molecule has 0 saturated heterocycles. The molecule has 3 N–H and O–H groups in total. The number of aliphatic hydroxyl groups is 2. The SMILES string of the molecule is Cc1cccc(OCC(O)C=CC2CCC(O)C2CC(=O)O)c1. The Labute approximate surface area is 136 Å². The van der Waals surface area contributed by atoms with Crippen LogP contribution in [0.3, 0.4) is 0 Å². The van der Waals surface area contributed by atoms with Crippen molar-refractivity contribution < 1.29 is 24.9 Å². The summed E-state index contributed by atoms with van der Waals surface area (Å²) in [6.07, 6.45) is 3.39. The molecule has 1 saturated carbocycles. The predicted octanol–water partition coefficient (Wildman–Crippen LogP) is 2.15. The molecule has 2 rings (SSSR count). The van der Waals surface area contributed by atoms with Crippen LogP contribution in [0, 0.1) is 18.8 Å². The van der Waals surface area contributed by atoms with Crippen LogP contribution >= 0.6 is 0 Å². The van der Waals surface area contributed by atoms with Gasteiger partial charge in [0.2, 0.25) is 0 Å². The maximum atomic E-state index is 10.9. The van der Waals surface area contributed by atoms with Crippen molar-refractivity contribution in [3.05, 3.63) is 42.0 Å². The fraction of sp³-hybridized carbons (Fsp3) is 0.500. The largest absolute Gasteiger partial charge is 0.491 e. The van der Waals surface area contributed by atoms with Crippen LogP contribution in [-0.4, -0.2) is 40.1 Å². The first-order valence-electron chi connectivity index (χ1n) is 7.91. The lowest BCUT2D eigenvalue weighted by molar-refractivity contribution is -0.139. The number of rotatable bonds is 7. The summed E-state index contributed by atoms with van der Waals surface area (Å²) in [5.74, 6) is -0.501. The minimum absolute atomic E-state index is 0.0188. The smallest absolute Gasteiger partial charge is 0.303 e. The fourth-order valence-electron chi connectivity index (χ4n) is 3.02. The number of benzene rings is 1. The van der Waals surface area contributed by atoms with Gasteiger partial charge < -0.3 is 20.1 Å². The highest BCUT2D eigenvalue weighted by Crippen LogP contribution is 2.35. The van der Waals surface area contributed by atoms with Crippen LogP contribution in [0.4, 0.5) is 0 Å². The molecule has 4 unspecified atom stereocenters. The average Bonchev–Trinajstić information content (AvgIpc) is 2.83. The highest BCUT2D eigenvalue weighted by Gasteiger charge is 2.34. The molecule has 5 nitrogen and oxygen atoms in total. The van der Waals surface area contributed by atoms with Gasteiger partial charge in [0.05, 0.1) is 12.5 Å². The molecule has 1 aliphatic rings. The van der Waals surface area contributed by atoms with Gasteiger partial charge in [-0.1, -0.05) is 24.3 Å². The van der Waals surface area contributed by atoms with Crippen molar-refractivity contribution in [2.75, 3.05) is 6.61 Å². The normalized spacial score (nSPS) is 25.6. The van der Waals surface area contributed by atoms with Crippen LogP contribution in [0.2, 0.25) is 0 Å². The average molecular weight is 320 g/mol. The van der Waals surface area contributed by atoms with E-state index in [9.17, 15) is 15.0 Å². The molecule has 0 heterocycles. The van der Waals surface area contributed by atoms with Gasteiger partial charge in [0.1, 0.15) is 18.5 Å². The second-order valence-corrected chi connectivity index (χ2v) is 6.15. The molecule has 0 aromatic heterocycles. The zero-order chi connectivity index (χ0) is 16.8. The summed E-state index contributed by atoms with van der Waals surface area (Å²) in [7, 11) is 0. The molecule has 0 bridgehead atoms. The van der Waals surface area contributed by atoms with Gasteiger partial charge >= 0.3 is 5.97 Å². The number of allylic oxidation sites excluding steroid dienone is 1. The third-order valence-corrected chi connectivity index (χ3v) is 4.24. The van der Waals surface area contributed by atoms with E-state index in [-0.39, 0.29) is 24.9 Å². The quantitative estimate of drug-likeness (QED) is 0.670. The monoisotopic (exact) mass is 320 g/mol. The highest BCUT2D eigenvalue weighted by atomic mass is 16.5. The van der Waals surface area contributed by atoms with E-state index in [2.05, 4.69) is 0 Å². The van der Waals surface area contributed by atoms with E-state index in [1.807, 2.05) is 37.3 Å². The first kappa shape index (κ1) is 17.5.